The molecule has 0 radical (unpaired) electrons. The van der Waals surface area contributed by atoms with Gasteiger partial charge in [-0.2, -0.15) is 0 Å². The molecule has 0 aliphatic carbocycles. The van der Waals surface area contributed by atoms with Gasteiger partial charge in [0.2, 0.25) is 0 Å². The average Bonchev–Trinajstić information content (AvgIpc) is 2.87. The maximum absolute atomic E-state index is 13.6. The molecule has 5 aromatic rings. The van der Waals surface area contributed by atoms with Crippen LogP contribution in [0.2, 0.25) is 0 Å². The number of nitrogens with zero attached hydrogens (tertiary/aromatic N) is 3. The zero-order chi connectivity index (χ0) is 23.8. The number of fused-ring (bicyclic) bond motifs is 2. The van der Waals surface area contributed by atoms with Gasteiger partial charge in [-0.05, 0) is 61.0 Å². The van der Waals surface area contributed by atoms with Crippen molar-refractivity contribution in [2.45, 2.75) is 19.9 Å². The molecule has 1 amide bonds. The van der Waals surface area contributed by atoms with Crippen LogP contribution in [0.5, 0.6) is 0 Å². The summed E-state index contributed by atoms with van der Waals surface area (Å²) in [6, 6.07) is 28.3. The average molecular weight is 448 g/mol. The lowest BCUT2D eigenvalue weighted by Gasteiger charge is -2.27. The first kappa shape index (κ1) is 21.6. The Morgan fingerprint density at radius 2 is 1.56 bits per heavy atom. The van der Waals surface area contributed by atoms with Crippen molar-refractivity contribution in [3.05, 3.63) is 118 Å². The van der Waals surface area contributed by atoms with Gasteiger partial charge in [0.1, 0.15) is 5.82 Å². The van der Waals surface area contributed by atoms with E-state index < -0.39 is 6.04 Å². The highest BCUT2D eigenvalue weighted by Crippen LogP contribution is 2.24. The van der Waals surface area contributed by atoms with E-state index in [2.05, 4.69) is 0 Å². The minimum atomic E-state index is -0.447. The zero-order valence-corrected chi connectivity index (χ0v) is 19.4. The summed E-state index contributed by atoms with van der Waals surface area (Å²) in [5.41, 5.74) is 2.89. The van der Waals surface area contributed by atoms with Crippen LogP contribution in [-0.4, -0.2) is 27.4 Å². The summed E-state index contributed by atoms with van der Waals surface area (Å²) in [6.45, 7) is 3.91. The maximum atomic E-state index is 13.6. The van der Waals surface area contributed by atoms with Gasteiger partial charge in [0.15, 0.2) is 0 Å². The summed E-state index contributed by atoms with van der Waals surface area (Å²) >= 11 is 0. The summed E-state index contributed by atoms with van der Waals surface area (Å²) < 4.78 is 1.62. The van der Waals surface area contributed by atoms with Crippen molar-refractivity contribution in [3.8, 4) is 5.69 Å². The van der Waals surface area contributed by atoms with Crippen LogP contribution in [0.4, 0.5) is 0 Å². The molecule has 0 saturated heterocycles. The molecule has 1 atom stereocenters. The highest BCUT2D eigenvalue weighted by Gasteiger charge is 2.25. The monoisotopic (exact) mass is 447 g/mol. The van der Waals surface area contributed by atoms with Gasteiger partial charge in [-0.15, -0.1) is 0 Å². The molecule has 0 aliphatic heterocycles. The molecule has 5 rings (SSSR count). The molecular weight excluding hydrogens is 422 g/mol. The lowest BCUT2D eigenvalue weighted by atomic mass is 10.1. The van der Waals surface area contributed by atoms with Crippen LogP contribution in [0.1, 0.15) is 34.7 Å². The van der Waals surface area contributed by atoms with E-state index in [4.69, 9.17) is 4.98 Å². The number of aryl methyl sites for hydroxylation is 1. The first-order valence-corrected chi connectivity index (χ1v) is 11.3. The van der Waals surface area contributed by atoms with Gasteiger partial charge < -0.3 is 4.90 Å². The SMILES string of the molecule is Cc1ccc(-n2c(C(C)N(C)C(=O)c3ccc4ccccc4c3)nc3ccccc3c2=O)cc1. The van der Waals surface area contributed by atoms with Crippen LogP contribution in [0.3, 0.4) is 0 Å². The van der Waals surface area contributed by atoms with Crippen molar-refractivity contribution in [1.82, 2.24) is 14.5 Å². The Labute approximate surface area is 197 Å². The third kappa shape index (κ3) is 3.75. The largest absolute Gasteiger partial charge is 0.332 e. The lowest BCUT2D eigenvalue weighted by Crippen LogP contribution is -2.34. The Morgan fingerprint density at radius 1 is 0.882 bits per heavy atom. The van der Waals surface area contributed by atoms with Crippen molar-refractivity contribution < 1.29 is 4.79 Å². The molecule has 1 unspecified atom stereocenters. The smallest absolute Gasteiger partial charge is 0.266 e. The number of para-hydroxylation sites is 1. The van der Waals surface area contributed by atoms with Crippen LogP contribution in [-0.2, 0) is 0 Å². The second-order valence-corrected chi connectivity index (χ2v) is 8.62. The number of benzene rings is 4. The van der Waals surface area contributed by atoms with Gasteiger partial charge in [0, 0.05) is 12.6 Å². The number of carbonyl (C=O) groups excluding carboxylic acids is 1. The Morgan fingerprint density at radius 3 is 2.32 bits per heavy atom. The summed E-state index contributed by atoms with van der Waals surface area (Å²) in [7, 11) is 1.75. The quantitative estimate of drug-likeness (QED) is 0.356. The van der Waals surface area contributed by atoms with E-state index in [1.165, 1.54) is 0 Å². The van der Waals surface area contributed by atoms with Gasteiger partial charge in [0.05, 0.1) is 22.6 Å². The van der Waals surface area contributed by atoms with Crippen molar-refractivity contribution in [1.29, 1.82) is 0 Å². The zero-order valence-electron chi connectivity index (χ0n) is 19.4. The van der Waals surface area contributed by atoms with Crippen molar-refractivity contribution in [2.75, 3.05) is 7.05 Å². The fourth-order valence-corrected chi connectivity index (χ4v) is 4.25. The number of aromatic nitrogens is 2. The molecule has 0 fully saturated rings. The molecule has 0 N–H and O–H groups in total. The molecule has 34 heavy (non-hydrogen) atoms. The number of hydrogen-bond donors (Lipinski definition) is 0. The Balaban J connectivity index is 1.62. The second-order valence-electron chi connectivity index (χ2n) is 8.62. The van der Waals surface area contributed by atoms with E-state index >= 15 is 0 Å². The molecular formula is C29H25N3O2. The second kappa shape index (κ2) is 8.60. The van der Waals surface area contributed by atoms with E-state index in [-0.39, 0.29) is 11.5 Å². The first-order valence-electron chi connectivity index (χ1n) is 11.3. The van der Waals surface area contributed by atoms with Crippen molar-refractivity contribution in [2.24, 2.45) is 0 Å². The lowest BCUT2D eigenvalue weighted by molar-refractivity contribution is 0.0735. The summed E-state index contributed by atoms with van der Waals surface area (Å²) in [6.07, 6.45) is 0. The van der Waals surface area contributed by atoms with E-state index in [0.29, 0.717) is 22.3 Å². The van der Waals surface area contributed by atoms with Crippen LogP contribution in [0.15, 0.2) is 95.8 Å². The van der Waals surface area contributed by atoms with Gasteiger partial charge in [-0.25, -0.2) is 4.98 Å². The Kier molecular flexibility index (Phi) is 5.46. The highest BCUT2D eigenvalue weighted by atomic mass is 16.2. The molecule has 0 spiro atoms. The number of hydrogen-bond acceptors (Lipinski definition) is 3. The summed E-state index contributed by atoms with van der Waals surface area (Å²) in [4.78, 5) is 33.5. The van der Waals surface area contributed by atoms with Gasteiger partial charge in [-0.3, -0.25) is 14.2 Å². The highest BCUT2D eigenvalue weighted by molar-refractivity contribution is 5.98. The predicted molar refractivity (Wildman–Crippen MR) is 137 cm³/mol. The fourth-order valence-electron chi connectivity index (χ4n) is 4.25. The molecule has 0 saturated carbocycles. The molecule has 1 aromatic heterocycles. The number of rotatable bonds is 4. The van der Waals surface area contributed by atoms with Crippen molar-refractivity contribution >= 4 is 27.6 Å². The molecule has 168 valence electrons. The first-order chi connectivity index (χ1) is 16.4. The topological polar surface area (TPSA) is 55.2 Å². The molecule has 5 heteroatoms. The number of amides is 1. The van der Waals surface area contributed by atoms with Crippen LogP contribution in [0.25, 0.3) is 27.4 Å². The van der Waals surface area contributed by atoms with Crippen LogP contribution >= 0.6 is 0 Å². The van der Waals surface area contributed by atoms with Gasteiger partial charge >= 0.3 is 0 Å². The summed E-state index contributed by atoms with van der Waals surface area (Å²) in [5.74, 6) is 0.389. The van der Waals surface area contributed by atoms with Crippen LogP contribution < -0.4 is 5.56 Å². The maximum Gasteiger partial charge on any atom is 0.266 e. The van der Waals surface area contributed by atoms with Crippen LogP contribution in [0, 0.1) is 6.92 Å². The molecule has 4 aromatic carbocycles. The normalized spacial score (nSPS) is 12.1. The van der Waals surface area contributed by atoms with E-state index in [1.54, 1.807) is 22.6 Å². The Bertz CT molecular complexity index is 1590. The molecule has 0 bridgehead atoms. The predicted octanol–water partition coefficient (Wildman–Crippen LogP) is 5.68. The third-order valence-corrected chi connectivity index (χ3v) is 6.37. The molecule has 5 nitrogen and oxygen atoms in total. The van der Waals surface area contributed by atoms with E-state index in [9.17, 15) is 9.59 Å². The van der Waals surface area contributed by atoms with Gasteiger partial charge in [-0.1, -0.05) is 60.2 Å². The minimum absolute atomic E-state index is 0.129. The molecule has 1 heterocycles. The minimum Gasteiger partial charge on any atom is -0.332 e. The Hall–Kier alpha value is -4.25. The summed E-state index contributed by atoms with van der Waals surface area (Å²) in [5, 5.41) is 2.64. The molecule has 0 aliphatic rings. The van der Waals surface area contributed by atoms with Crippen molar-refractivity contribution in [3.63, 3.8) is 0 Å². The van der Waals surface area contributed by atoms with Gasteiger partial charge in [0.25, 0.3) is 11.5 Å². The van der Waals surface area contributed by atoms with E-state index in [1.807, 2.05) is 98.8 Å². The number of carbonyl (C=O) groups is 1. The third-order valence-electron chi connectivity index (χ3n) is 6.37. The standard InChI is InChI=1S/C29H25N3O2/c1-19-12-16-24(17-13-19)32-27(30-26-11-7-6-10-25(26)29(32)34)20(2)31(3)28(33)23-15-14-21-8-4-5-9-22(21)18-23/h4-18,20H,1-3H3. The fraction of sp³-hybridized carbons (Fsp3) is 0.138. The van der Waals surface area contributed by atoms with E-state index in [0.717, 1.165) is 22.0 Å².